The smallest absolute Gasteiger partial charge is 0.269 e. The van der Waals surface area contributed by atoms with Crippen LogP contribution in [0.2, 0.25) is 0 Å². The number of nitro benzene ring substituents is 1. The van der Waals surface area contributed by atoms with Crippen LogP contribution in [-0.4, -0.2) is 15.4 Å². The van der Waals surface area contributed by atoms with Gasteiger partial charge in [0.25, 0.3) is 11.6 Å². The number of halogens is 1. The van der Waals surface area contributed by atoms with Gasteiger partial charge < -0.3 is 9.88 Å². The molecule has 8 heteroatoms. The zero-order valence-corrected chi connectivity index (χ0v) is 19.7. The van der Waals surface area contributed by atoms with E-state index < -0.39 is 10.8 Å². The summed E-state index contributed by atoms with van der Waals surface area (Å²) in [4.78, 5) is 23.3. The Labute approximate surface area is 204 Å². The van der Waals surface area contributed by atoms with Gasteiger partial charge in [0.05, 0.1) is 4.92 Å². The molecular weight excluding hydrogens is 496 g/mol. The maximum absolute atomic E-state index is 12.8. The van der Waals surface area contributed by atoms with Crippen molar-refractivity contribution in [2.75, 3.05) is 5.32 Å². The number of amides is 1. The van der Waals surface area contributed by atoms with Gasteiger partial charge in [0.2, 0.25) is 0 Å². The molecule has 1 amide bonds. The van der Waals surface area contributed by atoms with E-state index in [0.29, 0.717) is 12.2 Å². The molecule has 1 N–H and O–H groups in total. The molecule has 7 nitrogen and oxygen atoms in total. The molecule has 0 radical (unpaired) electrons. The first-order chi connectivity index (χ1) is 16.4. The molecule has 0 aliphatic rings. The molecule has 3 aromatic carbocycles. The van der Waals surface area contributed by atoms with Gasteiger partial charge in [0, 0.05) is 51.0 Å². The summed E-state index contributed by atoms with van der Waals surface area (Å²) in [5, 5.41) is 24.3. The molecule has 0 fully saturated rings. The Morgan fingerprint density at radius 1 is 1.15 bits per heavy atom. The number of aromatic nitrogens is 1. The van der Waals surface area contributed by atoms with Crippen molar-refractivity contribution in [3.63, 3.8) is 0 Å². The molecule has 4 rings (SSSR count). The van der Waals surface area contributed by atoms with E-state index >= 15 is 0 Å². The lowest BCUT2D eigenvalue weighted by molar-refractivity contribution is -0.384. The van der Waals surface area contributed by atoms with E-state index in [1.807, 2.05) is 43.3 Å². The van der Waals surface area contributed by atoms with Gasteiger partial charge in [-0.3, -0.25) is 14.9 Å². The number of para-hydroxylation sites is 1. The Bertz CT molecular complexity index is 1480. The number of nitriles is 1. The van der Waals surface area contributed by atoms with Gasteiger partial charge in [0.15, 0.2) is 0 Å². The summed E-state index contributed by atoms with van der Waals surface area (Å²) in [5.41, 5.74) is 4.10. The second-order valence-corrected chi connectivity index (χ2v) is 8.58. The molecule has 1 heterocycles. The number of rotatable bonds is 6. The maximum Gasteiger partial charge on any atom is 0.269 e. The second kappa shape index (κ2) is 9.73. The third kappa shape index (κ3) is 4.75. The Hall–Kier alpha value is -4.22. The molecule has 168 valence electrons. The number of fused-ring (bicyclic) bond motifs is 1. The Balaban J connectivity index is 1.71. The van der Waals surface area contributed by atoms with Crippen molar-refractivity contribution < 1.29 is 9.72 Å². The van der Waals surface area contributed by atoms with Crippen molar-refractivity contribution in [2.45, 2.75) is 13.5 Å². The minimum absolute atomic E-state index is 0.0127. The van der Waals surface area contributed by atoms with Crippen LogP contribution in [0.5, 0.6) is 0 Å². The molecule has 4 aromatic rings. The fraction of sp³-hybridized carbons (Fsp3) is 0.0769. The summed E-state index contributed by atoms with van der Waals surface area (Å²) in [6.45, 7) is 2.42. The summed E-state index contributed by atoms with van der Waals surface area (Å²) in [6, 6.07) is 23.3. The predicted molar refractivity (Wildman–Crippen MR) is 135 cm³/mol. The molecular formula is C26H19BrN4O3. The van der Waals surface area contributed by atoms with Crippen LogP contribution in [0, 0.1) is 28.4 Å². The number of carbonyl (C=O) groups is 1. The molecule has 0 bridgehead atoms. The van der Waals surface area contributed by atoms with Crippen LogP contribution >= 0.6 is 15.9 Å². The minimum Gasteiger partial charge on any atom is -0.340 e. The van der Waals surface area contributed by atoms with Gasteiger partial charge in [-0.15, -0.1) is 0 Å². The highest BCUT2D eigenvalue weighted by Gasteiger charge is 2.17. The van der Waals surface area contributed by atoms with Crippen molar-refractivity contribution in [2.24, 2.45) is 0 Å². The first-order valence-corrected chi connectivity index (χ1v) is 11.2. The molecule has 0 aliphatic heterocycles. The van der Waals surface area contributed by atoms with Crippen LogP contribution in [0.1, 0.15) is 16.8 Å². The minimum atomic E-state index is -0.493. The van der Waals surface area contributed by atoms with Gasteiger partial charge in [-0.1, -0.05) is 52.3 Å². The van der Waals surface area contributed by atoms with E-state index in [1.54, 1.807) is 36.4 Å². The monoisotopic (exact) mass is 514 g/mol. The Morgan fingerprint density at radius 2 is 1.88 bits per heavy atom. The highest BCUT2D eigenvalue weighted by atomic mass is 79.9. The average molecular weight is 515 g/mol. The van der Waals surface area contributed by atoms with Gasteiger partial charge in [-0.2, -0.15) is 5.26 Å². The van der Waals surface area contributed by atoms with Crippen LogP contribution in [0.3, 0.4) is 0 Å². The fourth-order valence-electron chi connectivity index (χ4n) is 3.81. The van der Waals surface area contributed by atoms with Crippen molar-refractivity contribution in [1.82, 2.24) is 4.57 Å². The highest BCUT2D eigenvalue weighted by Crippen LogP contribution is 2.29. The molecule has 34 heavy (non-hydrogen) atoms. The lowest BCUT2D eigenvalue weighted by atomic mass is 10.1. The topological polar surface area (TPSA) is 101 Å². The largest absolute Gasteiger partial charge is 0.340 e. The lowest BCUT2D eigenvalue weighted by Gasteiger charge is -2.09. The zero-order valence-electron chi connectivity index (χ0n) is 18.2. The SMILES string of the molecule is Cc1c(/C=C(/C#N)C(=O)Nc2cccc(Br)c2)c2ccccc2n1Cc1ccc([N+](=O)[O-])cc1. The van der Waals surface area contributed by atoms with Gasteiger partial charge in [-0.05, 0) is 42.8 Å². The molecule has 0 aliphatic carbocycles. The number of carbonyl (C=O) groups excluding carboxylic acids is 1. The number of hydrogen-bond acceptors (Lipinski definition) is 4. The van der Waals surface area contributed by atoms with Crippen molar-refractivity contribution in [1.29, 1.82) is 5.26 Å². The van der Waals surface area contributed by atoms with Gasteiger partial charge in [-0.25, -0.2) is 0 Å². The second-order valence-electron chi connectivity index (χ2n) is 7.66. The van der Waals surface area contributed by atoms with Crippen LogP contribution in [0.25, 0.3) is 17.0 Å². The summed E-state index contributed by atoms with van der Waals surface area (Å²) in [5.74, 6) is -0.493. The normalized spacial score (nSPS) is 11.3. The molecule has 0 atom stereocenters. The molecule has 0 spiro atoms. The zero-order chi connectivity index (χ0) is 24.2. The molecule has 0 saturated carbocycles. The molecule has 0 saturated heterocycles. The van der Waals surface area contributed by atoms with Crippen LogP contribution in [-0.2, 0) is 11.3 Å². The van der Waals surface area contributed by atoms with Crippen molar-refractivity contribution >= 4 is 50.2 Å². The number of benzene rings is 3. The summed E-state index contributed by atoms with van der Waals surface area (Å²) < 4.78 is 2.89. The number of nitrogens with one attached hydrogen (secondary N) is 1. The quantitative estimate of drug-likeness (QED) is 0.143. The first-order valence-electron chi connectivity index (χ1n) is 10.4. The molecule has 1 aromatic heterocycles. The standard InChI is InChI=1S/C26H19BrN4O3/c1-17-24(13-19(15-28)26(32)29-21-6-4-5-20(27)14-21)23-7-2-3-8-25(23)30(17)16-18-9-11-22(12-10-18)31(33)34/h2-14H,16H2,1H3,(H,29,32)/b19-13-. The number of nitrogens with zero attached hydrogens (tertiary/aromatic N) is 3. The Morgan fingerprint density at radius 3 is 2.56 bits per heavy atom. The first kappa shape index (κ1) is 23.0. The third-order valence-electron chi connectivity index (χ3n) is 5.50. The lowest BCUT2D eigenvalue weighted by Crippen LogP contribution is -2.13. The van der Waals surface area contributed by atoms with Crippen molar-refractivity contribution in [3.05, 3.63) is 110 Å². The summed E-state index contributed by atoms with van der Waals surface area (Å²) in [6.07, 6.45) is 1.61. The van der Waals surface area contributed by atoms with E-state index in [0.717, 1.165) is 32.2 Å². The predicted octanol–water partition coefficient (Wildman–Crippen LogP) is 6.21. The maximum atomic E-state index is 12.8. The van der Waals surface area contributed by atoms with E-state index in [1.165, 1.54) is 12.1 Å². The van der Waals surface area contributed by atoms with E-state index in [-0.39, 0.29) is 11.3 Å². The van der Waals surface area contributed by atoms with E-state index in [9.17, 15) is 20.2 Å². The van der Waals surface area contributed by atoms with Gasteiger partial charge >= 0.3 is 0 Å². The highest BCUT2D eigenvalue weighted by molar-refractivity contribution is 9.10. The number of non-ortho nitro benzene ring substituents is 1. The number of hydrogen-bond donors (Lipinski definition) is 1. The van der Waals surface area contributed by atoms with E-state index in [4.69, 9.17) is 0 Å². The van der Waals surface area contributed by atoms with Gasteiger partial charge in [0.1, 0.15) is 11.6 Å². The van der Waals surface area contributed by atoms with Crippen LogP contribution in [0.15, 0.2) is 82.8 Å². The number of nitro groups is 1. The summed E-state index contributed by atoms with van der Waals surface area (Å²) in [7, 11) is 0. The third-order valence-corrected chi connectivity index (χ3v) is 6.00. The Kier molecular flexibility index (Phi) is 6.57. The van der Waals surface area contributed by atoms with E-state index in [2.05, 4.69) is 25.8 Å². The van der Waals surface area contributed by atoms with Crippen LogP contribution < -0.4 is 5.32 Å². The number of anilines is 1. The summed E-state index contributed by atoms with van der Waals surface area (Å²) >= 11 is 3.37. The van der Waals surface area contributed by atoms with Crippen LogP contribution in [0.4, 0.5) is 11.4 Å². The molecule has 0 unspecified atom stereocenters. The average Bonchev–Trinajstić information content (AvgIpc) is 3.08. The fourth-order valence-corrected chi connectivity index (χ4v) is 4.21. The van der Waals surface area contributed by atoms with Crippen molar-refractivity contribution in [3.8, 4) is 6.07 Å².